The lowest BCUT2D eigenvalue weighted by atomic mass is 10.2. The van der Waals surface area contributed by atoms with E-state index in [1.165, 1.54) is 5.69 Å². The molecule has 0 saturated carbocycles. The second-order valence-corrected chi connectivity index (χ2v) is 6.91. The minimum Gasteiger partial charge on any atom is -0.378 e. The highest BCUT2D eigenvalue weighted by atomic mass is 16.5. The van der Waals surface area contributed by atoms with Crippen LogP contribution in [-0.2, 0) is 22.6 Å². The lowest BCUT2D eigenvalue weighted by Gasteiger charge is -2.28. The molecule has 1 aromatic carbocycles. The van der Waals surface area contributed by atoms with Crippen molar-refractivity contribution < 1.29 is 14.3 Å². The Hall–Kier alpha value is -2.45. The summed E-state index contributed by atoms with van der Waals surface area (Å²) in [6.45, 7) is 5.27. The molecule has 8 heteroatoms. The number of hydrogen-bond donors (Lipinski definition) is 1. The van der Waals surface area contributed by atoms with Gasteiger partial charge in [-0.15, -0.1) is 5.10 Å². The van der Waals surface area contributed by atoms with Crippen molar-refractivity contribution in [2.24, 2.45) is 0 Å². The third kappa shape index (κ3) is 4.64. The highest BCUT2D eigenvalue weighted by Gasteiger charge is 2.18. The second-order valence-electron chi connectivity index (χ2n) is 6.91. The van der Waals surface area contributed by atoms with E-state index >= 15 is 0 Å². The van der Waals surface area contributed by atoms with Crippen LogP contribution in [0.5, 0.6) is 0 Å². The molecule has 2 aliphatic rings. The molecule has 4 rings (SSSR count). The summed E-state index contributed by atoms with van der Waals surface area (Å²) in [5, 5.41) is 10.9. The molecule has 1 atom stereocenters. The number of carbonyl (C=O) groups is 1. The van der Waals surface area contributed by atoms with Crippen LogP contribution in [0.3, 0.4) is 0 Å². The molecular formula is C19H25N5O3. The van der Waals surface area contributed by atoms with Crippen molar-refractivity contribution in [3.8, 4) is 0 Å². The molecule has 1 N–H and O–H groups in total. The smallest absolute Gasteiger partial charge is 0.273 e. The zero-order valence-electron chi connectivity index (χ0n) is 15.3. The van der Waals surface area contributed by atoms with Gasteiger partial charge in [-0.05, 0) is 30.5 Å². The largest absolute Gasteiger partial charge is 0.378 e. The third-order valence-electron chi connectivity index (χ3n) is 4.95. The van der Waals surface area contributed by atoms with Gasteiger partial charge in [-0.1, -0.05) is 17.3 Å². The molecule has 1 unspecified atom stereocenters. The van der Waals surface area contributed by atoms with Gasteiger partial charge in [0.05, 0.1) is 32.1 Å². The Morgan fingerprint density at radius 3 is 2.74 bits per heavy atom. The van der Waals surface area contributed by atoms with Crippen LogP contribution < -0.4 is 10.2 Å². The number of rotatable bonds is 6. The number of nitrogens with one attached hydrogen (secondary N) is 1. The first kappa shape index (κ1) is 17.9. The summed E-state index contributed by atoms with van der Waals surface area (Å²) < 4.78 is 12.7. The van der Waals surface area contributed by atoms with E-state index in [0.717, 1.165) is 51.3 Å². The molecule has 1 aromatic heterocycles. The Kier molecular flexibility index (Phi) is 5.64. The molecule has 2 saturated heterocycles. The average molecular weight is 371 g/mol. The number of anilines is 1. The predicted octanol–water partition coefficient (Wildman–Crippen LogP) is 1.22. The monoisotopic (exact) mass is 371 g/mol. The van der Waals surface area contributed by atoms with Gasteiger partial charge < -0.3 is 19.7 Å². The molecule has 0 bridgehead atoms. The van der Waals surface area contributed by atoms with Crippen LogP contribution in [0.1, 0.15) is 28.9 Å². The van der Waals surface area contributed by atoms with Crippen LogP contribution in [0.2, 0.25) is 0 Å². The summed E-state index contributed by atoms with van der Waals surface area (Å²) in [5.74, 6) is -0.217. The topological polar surface area (TPSA) is 81.5 Å². The Balaban J connectivity index is 1.28. The van der Waals surface area contributed by atoms with Crippen molar-refractivity contribution in [3.05, 3.63) is 41.7 Å². The van der Waals surface area contributed by atoms with Gasteiger partial charge in [0, 0.05) is 31.9 Å². The zero-order valence-corrected chi connectivity index (χ0v) is 15.3. The fraction of sp³-hybridized carbons (Fsp3) is 0.526. The van der Waals surface area contributed by atoms with Crippen LogP contribution in [0.15, 0.2) is 30.5 Å². The fourth-order valence-corrected chi connectivity index (χ4v) is 3.41. The molecule has 144 valence electrons. The zero-order chi connectivity index (χ0) is 18.5. The van der Waals surface area contributed by atoms with Gasteiger partial charge in [0.15, 0.2) is 5.69 Å². The molecule has 2 aliphatic heterocycles. The van der Waals surface area contributed by atoms with Crippen molar-refractivity contribution in [1.82, 2.24) is 20.3 Å². The Morgan fingerprint density at radius 1 is 1.19 bits per heavy atom. The molecule has 3 heterocycles. The molecule has 2 aromatic rings. The Labute approximate surface area is 158 Å². The first-order valence-corrected chi connectivity index (χ1v) is 9.49. The average Bonchev–Trinajstić information content (AvgIpc) is 3.40. The van der Waals surface area contributed by atoms with Gasteiger partial charge in [-0.25, -0.2) is 4.68 Å². The van der Waals surface area contributed by atoms with Gasteiger partial charge in [-0.2, -0.15) is 0 Å². The molecule has 2 fully saturated rings. The van der Waals surface area contributed by atoms with Crippen LogP contribution in [0.25, 0.3) is 0 Å². The summed E-state index contributed by atoms with van der Waals surface area (Å²) in [4.78, 5) is 14.6. The number of benzene rings is 1. The minimum atomic E-state index is -0.217. The van der Waals surface area contributed by atoms with Gasteiger partial charge in [0.2, 0.25) is 0 Å². The molecule has 1 amide bonds. The van der Waals surface area contributed by atoms with Gasteiger partial charge in [-0.3, -0.25) is 4.79 Å². The lowest BCUT2D eigenvalue weighted by molar-refractivity contribution is 0.0929. The number of aromatic nitrogens is 3. The lowest BCUT2D eigenvalue weighted by Crippen LogP contribution is -2.36. The quantitative estimate of drug-likeness (QED) is 0.822. The minimum absolute atomic E-state index is 0.174. The highest BCUT2D eigenvalue weighted by molar-refractivity contribution is 5.91. The molecule has 0 aliphatic carbocycles. The molecule has 27 heavy (non-hydrogen) atoms. The maximum Gasteiger partial charge on any atom is 0.273 e. The Morgan fingerprint density at radius 2 is 2.00 bits per heavy atom. The van der Waals surface area contributed by atoms with E-state index in [9.17, 15) is 4.79 Å². The van der Waals surface area contributed by atoms with Crippen LogP contribution in [0, 0.1) is 0 Å². The van der Waals surface area contributed by atoms with E-state index in [4.69, 9.17) is 9.47 Å². The summed E-state index contributed by atoms with van der Waals surface area (Å²) in [7, 11) is 0. The number of amides is 1. The van der Waals surface area contributed by atoms with Crippen molar-refractivity contribution >= 4 is 11.6 Å². The third-order valence-corrected chi connectivity index (χ3v) is 4.95. The van der Waals surface area contributed by atoms with Crippen LogP contribution in [-0.4, -0.2) is 59.9 Å². The summed E-state index contributed by atoms with van der Waals surface area (Å²) in [6, 6.07) is 8.26. The first-order chi connectivity index (χ1) is 13.3. The number of hydrogen-bond acceptors (Lipinski definition) is 6. The van der Waals surface area contributed by atoms with E-state index in [-0.39, 0.29) is 12.0 Å². The predicted molar refractivity (Wildman–Crippen MR) is 99.6 cm³/mol. The van der Waals surface area contributed by atoms with Crippen LogP contribution in [0.4, 0.5) is 5.69 Å². The molecule has 0 radical (unpaired) electrons. The normalized spacial score (nSPS) is 20.0. The van der Waals surface area contributed by atoms with E-state index < -0.39 is 0 Å². The molecule has 8 nitrogen and oxygen atoms in total. The van der Waals surface area contributed by atoms with Gasteiger partial charge >= 0.3 is 0 Å². The highest BCUT2D eigenvalue weighted by Crippen LogP contribution is 2.17. The van der Waals surface area contributed by atoms with Crippen molar-refractivity contribution in [2.45, 2.75) is 32.0 Å². The summed E-state index contributed by atoms with van der Waals surface area (Å²) in [6.07, 6.45) is 3.96. The molecular weight excluding hydrogens is 346 g/mol. The maximum atomic E-state index is 12.3. The number of morpholine rings is 1. The van der Waals surface area contributed by atoms with Crippen LogP contribution >= 0.6 is 0 Å². The van der Waals surface area contributed by atoms with E-state index in [2.05, 4.69) is 32.7 Å². The van der Waals surface area contributed by atoms with E-state index in [0.29, 0.717) is 18.8 Å². The molecule has 0 spiro atoms. The van der Waals surface area contributed by atoms with E-state index in [1.54, 1.807) is 10.9 Å². The summed E-state index contributed by atoms with van der Waals surface area (Å²) in [5.41, 5.74) is 2.57. The number of ether oxygens (including phenoxy) is 2. The SMILES string of the molecule is O=C(NCc1ccc(N2CCOCC2)cc1)c1cn(CC2CCCO2)nn1. The number of carbonyl (C=O) groups excluding carboxylic acids is 1. The van der Waals surface area contributed by atoms with E-state index in [1.807, 2.05) is 12.1 Å². The van der Waals surface area contributed by atoms with Gasteiger partial charge in [0.1, 0.15) is 0 Å². The summed E-state index contributed by atoms with van der Waals surface area (Å²) >= 11 is 0. The van der Waals surface area contributed by atoms with Gasteiger partial charge in [0.25, 0.3) is 5.91 Å². The fourth-order valence-electron chi connectivity index (χ4n) is 3.41. The first-order valence-electron chi connectivity index (χ1n) is 9.49. The second kappa shape index (κ2) is 8.49. The van der Waals surface area contributed by atoms with Crippen molar-refractivity contribution in [2.75, 3.05) is 37.8 Å². The van der Waals surface area contributed by atoms with Crippen molar-refractivity contribution in [1.29, 1.82) is 0 Å². The number of nitrogens with zero attached hydrogens (tertiary/aromatic N) is 4. The maximum absolute atomic E-state index is 12.3. The standard InChI is InChI=1S/C19H25N5O3/c25-19(18-14-24(22-21-18)13-17-2-1-9-27-17)20-12-15-3-5-16(6-4-15)23-7-10-26-11-8-23/h3-6,14,17H,1-2,7-13H2,(H,20,25). The Bertz CT molecular complexity index is 749. The van der Waals surface area contributed by atoms with Crippen molar-refractivity contribution in [3.63, 3.8) is 0 Å².